The summed E-state index contributed by atoms with van der Waals surface area (Å²) in [5.74, 6) is -0.667. The zero-order valence-corrected chi connectivity index (χ0v) is 12.2. The molecule has 18 heavy (non-hydrogen) atoms. The molecule has 7 heteroatoms. The van der Waals surface area contributed by atoms with E-state index in [-0.39, 0.29) is 21.9 Å². The highest BCUT2D eigenvalue weighted by Gasteiger charge is 2.22. The highest BCUT2D eigenvalue weighted by atomic mass is 32.2. The Morgan fingerprint density at radius 2 is 2.00 bits per heavy atom. The fourth-order valence-electron chi connectivity index (χ4n) is 1.16. The van der Waals surface area contributed by atoms with Crippen LogP contribution in [0.2, 0.25) is 0 Å². The van der Waals surface area contributed by atoms with Crippen LogP contribution in [0.5, 0.6) is 0 Å². The van der Waals surface area contributed by atoms with Crippen molar-refractivity contribution in [3.63, 3.8) is 0 Å². The lowest BCUT2D eigenvalue weighted by Crippen LogP contribution is -2.36. The van der Waals surface area contributed by atoms with Crippen LogP contribution < -0.4 is 10.5 Å². The van der Waals surface area contributed by atoms with Gasteiger partial charge in [0.25, 0.3) is 0 Å². The van der Waals surface area contributed by atoms with Gasteiger partial charge in [0.1, 0.15) is 5.82 Å². The molecule has 0 fully saturated rings. The van der Waals surface area contributed by atoms with Gasteiger partial charge in [-0.1, -0.05) is 0 Å². The van der Waals surface area contributed by atoms with Gasteiger partial charge in [-0.3, -0.25) is 0 Å². The summed E-state index contributed by atoms with van der Waals surface area (Å²) in [5, 5.41) is 0. The fourth-order valence-corrected chi connectivity index (χ4v) is 2.75. The van der Waals surface area contributed by atoms with Crippen LogP contribution in [0.4, 0.5) is 10.1 Å². The van der Waals surface area contributed by atoms with Gasteiger partial charge in [0.2, 0.25) is 10.0 Å². The van der Waals surface area contributed by atoms with Crippen molar-refractivity contribution in [2.24, 2.45) is 0 Å². The molecular formula is C11H17FN2O2S2. The molecule has 0 aliphatic carbocycles. The molecule has 0 atom stereocenters. The van der Waals surface area contributed by atoms with E-state index in [0.29, 0.717) is 0 Å². The van der Waals surface area contributed by atoms with E-state index in [9.17, 15) is 12.8 Å². The summed E-state index contributed by atoms with van der Waals surface area (Å²) < 4.78 is 39.3. The Morgan fingerprint density at radius 1 is 1.39 bits per heavy atom. The third-order valence-corrected chi connectivity index (χ3v) is 5.07. The van der Waals surface area contributed by atoms with Gasteiger partial charge in [-0.25, -0.2) is 17.5 Å². The smallest absolute Gasteiger partial charge is 0.240 e. The second-order valence-corrected chi connectivity index (χ2v) is 7.79. The average molecular weight is 292 g/mol. The lowest BCUT2D eigenvalue weighted by atomic mass is 10.2. The average Bonchev–Trinajstić information content (AvgIpc) is 2.25. The largest absolute Gasteiger partial charge is 0.399 e. The first-order valence-corrected chi connectivity index (χ1v) is 7.98. The van der Waals surface area contributed by atoms with Crippen molar-refractivity contribution in [2.45, 2.75) is 23.5 Å². The first kappa shape index (κ1) is 15.3. The van der Waals surface area contributed by atoms with E-state index in [1.54, 1.807) is 11.8 Å². The number of nitrogens with two attached hydrogens (primary N) is 1. The van der Waals surface area contributed by atoms with Gasteiger partial charge in [0.15, 0.2) is 0 Å². The summed E-state index contributed by atoms with van der Waals surface area (Å²) >= 11 is 1.54. The topological polar surface area (TPSA) is 72.2 Å². The van der Waals surface area contributed by atoms with Gasteiger partial charge in [-0.15, -0.1) is 0 Å². The van der Waals surface area contributed by atoms with E-state index in [0.717, 1.165) is 12.1 Å². The van der Waals surface area contributed by atoms with Crippen molar-refractivity contribution in [1.29, 1.82) is 0 Å². The Balaban J connectivity index is 2.93. The maximum absolute atomic E-state index is 13.1. The first-order chi connectivity index (χ1) is 8.16. The fraction of sp³-hybridized carbons (Fsp3) is 0.455. The number of nitrogen functional groups attached to an aromatic ring is 1. The van der Waals surface area contributed by atoms with Crippen LogP contribution >= 0.6 is 11.8 Å². The zero-order valence-electron chi connectivity index (χ0n) is 10.5. The quantitative estimate of drug-likeness (QED) is 0.812. The predicted octanol–water partition coefficient (Wildman–Crippen LogP) is 1.83. The van der Waals surface area contributed by atoms with Crippen molar-refractivity contribution in [3.8, 4) is 0 Å². The minimum Gasteiger partial charge on any atom is -0.399 e. The number of hydrogen-bond donors (Lipinski definition) is 2. The number of sulfonamides is 1. The second-order valence-electron chi connectivity index (χ2n) is 4.51. The molecule has 4 nitrogen and oxygen atoms in total. The lowest BCUT2D eigenvalue weighted by Gasteiger charge is -2.22. The van der Waals surface area contributed by atoms with Crippen LogP contribution in [-0.2, 0) is 10.0 Å². The molecule has 0 amide bonds. The third kappa shape index (κ3) is 4.15. The Bertz CT molecular complexity index is 510. The molecule has 102 valence electrons. The summed E-state index contributed by atoms with van der Waals surface area (Å²) in [4.78, 5) is -0.156. The Hall–Kier alpha value is -0.790. The van der Waals surface area contributed by atoms with Crippen LogP contribution in [0.25, 0.3) is 0 Å². The highest BCUT2D eigenvalue weighted by molar-refractivity contribution is 8.00. The van der Waals surface area contributed by atoms with Gasteiger partial charge >= 0.3 is 0 Å². The number of benzene rings is 1. The molecule has 1 aromatic carbocycles. The number of rotatable bonds is 5. The van der Waals surface area contributed by atoms with E-state index in [1.807, 2.05) is 20.1 Å². The maximum Gasteiger partial charge on any atom is 0.240 e. The van der Waals surface area contributed by atoms with Crippen LogP contribution in [0.1, 0.15) is 13.8 Å². The SMILES string of the molecule is CSC(C)(C)CNS(=O)(=O)c1cc(N)cc(F)c1. The zero-order chi connectivity index (χ0) is 14.0. The van der Waals surface area contributed by atoms with E-state index in [2.05, 4.69) is 4.72 Å². The van der Waals surface area contributed by atoms with Crippen molar-refractivity contribution in [3.05, 3.63) is 24.0 Å². The minimum atomic E-state index is -3.73. The van der Waals surface area contributed by atoms with Gasteiger partial charge in [-0.05, 0) is 38.3 Å². The Kier molecular flexibility index (Phi) is 4.63. The number of thioether (sulfide) groups is 1. The van der Waals surface area contributed by atoms with Gasteiger partial charge in [0.05, 0.1) is 4.90 Å². The number of anilines is 1. The maximum atomic E-state index is 13.1. The van der Waals surface area contributed by atoms with Crippen LogP contribution in [-0.4, -0.2) is 26.0 Å². The van der Waals surface area contributed by atoms with Crippen molar-refractivity contribution in [2.75, 3.05) is 18.5 Å². The summed E-state index contributed by atoms with van der Waals surface area (Å²) in [6, 6.07) is 3.26. The van der Waals surface area contributed by atoms with E-state index in [4.69, 9.17) is 5.73 Å². The first-order valence-electron chi connectivity index (χ1n) is 5.27. The number of nitrogens with one attached hydrogen (secondary N) is 1. The molecule has 0 saturated carbocycles. The van der Waals surface area contributed by atoms with Crippen LogP contribution in [0.15, 0.2) is 23.1 Å². The molecule has 1 aromatic rings. The van der Waals surface area contributed by atoms with Gasteiger partial charge in [-0.2, -0.15) is 11.8 Å². The van der Waals surface area contributed by atoms with Crippen LogP contribution in [0.3, 0.4) is 0 Å². The van der Waals surface area contributed by atoms with Crippen molar-refractivity contribution >= 4 is 27.5 Å². The molecule has 0 aliphatic rings. The number of halogens is 1. The third-order valence-electron chi connectivity index (χ3n) is 2.44. The second kappa shape index (κ2) is 5.46. The minimum absolute atomic E-state index is 0.0829. The molecular weight excluding hydrogens is 275 g/mol. The molecule has 0 radical (unpaired) electrons. The predicted molar refractivity (Wildman–Crippen MR) is 73.6 cm³/mol. The lowest BCUT2D eigenvalue weighted by molar-refractivity contribution is 0.568. The monoisotopic (exact) mass is 292 g/mol. The molecule has 0 bridgehead atoms. The summed E-state index contributed by atoms with van der Waals surface area (Å²) in [6.45, 7) is 4.09. The molecule has 0 spiro atoms. The normalized spacial score (nSPS) is 12.7. The van der Waals surface area contributed by atoms with Gasteiger partial charge in [0, 0.05) is 17.0 Å². The van der Waals surface area contributed by atoms with E-state index in [1.165, 1.54) is 6.07 Å². The van der Waals surface area contributed by atoms with Crippen LogP contribution in [0, 0.1) is 5.82 Å². The van der Waals surface area contributed by atoms with Crippen molar-refractivity contribution in [1.82, 2.24) is 4.72 Å². The molecule has 3 N–H and O–H groups in total. The standard InChI is InChI=1S/C11H17FN2O2S2/c1-11(2,17-3)7-14-18(15,16)10-5-8(12)4-9(13)6-10/h4-6,14H,7,13H2,1-3H3. The van der Waals surface area contributed by atoms with E-state index < -0.39 is 15.8 Å². The Morgan fingerprint density at radius 3 is 2.50 bits per heavy atom. The van der Waals surface area contributed by atoms with Gasteiger partial charge < -0.3 is 5.73 Å². The highest BCUT2D eigenvalue weighted by Crippen LogP contribution is 2.21. The summed E-state index contributed by atoms with van der Waals surface area (Å²) in [6.07, 6.45) is 1.90. The molecule has 0 heterocycles. The van der Waals surface area contributed by atoms with Crippen molar-refractivity contribution < 1.29 is 12.8 Å². The molecule has 0 unspecified atom stereocenters. The molecule has 0 aromatic heterocycles. The van der Waals surface area contributed by atoms with E-state index >= 15 is 0 Å². The summed E-state index contributed by atoms with van der Waals surface area (Å²) in [7, 11) is -3.73. The summed E-state index contributed by atoms with van der Waals surface area (Å²) in [5.41, 5.74) is 5.51. The Labute approximate surface area is 111 Å². The number of hydrogen-bond acceptors (Lipinski definition) is 4. The molecule has 0 aliphatic heterocycles. The molecule has 0 saturated heterocycles. The molecule has 1 rings (SSSR count).